The number of likely N-dealkylation sites (tertiary alicyclic amines) is 1. The van der Waals surface area contributed by atoms with Crippen LogP contribution in [0, 0.1) is 6.54 Å². The topological polar surface area (TPSA) is 38.8 Å². The van der Waals surface area contributed by atoms with Crippen LogP contribution < -0.4 is 0 Å². The number of ether oxygens (including phenoxy) is 2. The number of hydrogen-bond donors (Lipinski definition) is 0. The Balaban J connectivity index is 1.94. The molecule has 4 nitrogen and oxygen atoms in total. The summed E-state index contributed by atoms with van der Waals surface area (Å²) in [6.45, 7) is 8.63. The number of nitrogens with zero attached hydrogens (tertiary/aromatic N) is 1. The molecule has 0 saturated carbocycles. The summed E-state index contributed by atoms with van der Waals surface area (Å²) < 4.78 is 10.3. The molecule has 4 heteroatoms. The van der Waals surface area contributed by atoms with Gasteiger partial charge in [0, 0.05) is 19.5 Å². The van der Waals surface area contributed by atoms with E-state index in [0.29, 0.717) is 6.61 Å². The van der Waals surface area contributed by atoms with Gasteiger partial charge in [0.25, 0.3) is 0 Å². The number of unbranched alkanes of at least 4 members (excludes halogenated alkanes) is 5. The van der Waals surface area contributed by atoms with Gasteiger partial charge in [-0.05, 0) is 13.0 Å². The van der Waals surface area contributed by atoms with Crippen LogP contribution in [0.1, 0.15) is 58.8 Å². The van der Waals surface area contributed by atoms with Crippen LogP contribution in [0.5, 0.6) is 0 Å². The fourth-order valence-electron chi connectivity index (χ4n) is 2.23. The molecule has 19 heavy (non-hydrogen) atoms. The maximum atomic E-state index is 11.5. The summed E-state index contributed by atoms with van der Waals surface area (Å²) in [6.07, 6.45) is 7.42. The zero-order chi connectivity index (χ0) is 13.9. The van der Waals surface area contributed by atoms with Crippen molar-refractivity contribution in [1.29, 1.82) is 0 Å². The molecule has 0 N–H and O–H groups in total. The van der Waals surface area contributed by atoms with Gasteiger partial charge in [-0.25, -0.2) is 4.79 Å². The van der Waals surface area contributed by atoms with Crippen LogP contribution in [0.15, 0.2) is 0 Å². The van der Waals surface area contributed by atoms with Gasteiger partial charge in [-0.2, -0.15) is 0 Å². The van der Waals surface area contributed by atoms with Crippen molar-refractivity contribution < 1.29 is 14.3 Å². The average Bonchev–Trinajstić information content (AvgIpc) is 2.85. The lowest BCUT2D eigenvalue weighted by molar-refractivity contribution is 0.0257. The van der Waals surface area contributed by atoms with E-state index < -0.39 is 6.16 Å². The first-order valence-corrected chi connectivity index (χ1v) is 7.67. The maximum Gasteiger partial charge on any atom is 0.508 e. The minimum absolute atomic E-state index is 0.0306. The molecule has 1 aliphatic rings. The van der Waals surface area contributed by atoms with Gasteiger partial charge in [-0.15, -0.1) is 0 Å². The third-order valence-electron chi connectivity index (χ3n) is 3.45. The molecule has 0 amide bonds. The predicted octanol–water partition coefficient (Wildman–Crippen LogP) is 3.76. The largest absolute Gasteiger partial charge is 0.508 e. The molecular formula is C15H28NO3. The Morgan fingerprint density at radius 1 is 1.21 bits per heavy atom. The fourth-order valence-corrected chi connectivity index (χ4v) is 2.23. The molecule has 1 atom stereocenters. The summed E-state index contributed by atoms with van der Waals surface area (Å²) in [4.78, 5) is 13.6. The monoisotopic (exact) mass is 270 g/mol. The van der Waals surface area contributed by atoms with Crippen molar-refractivity contribution >= 4 is 6.16 Å². The third-order valence-corrected chi connectivity index (χ3v) is 3.45. The molecule has 1 fully saturated rings. The summed E-state index contributed by atoms with van der Waals surface area (Å²) in [5, 5.41) is 0. The number of hydrogen-bond acceptors (Lipinski definition) is 4. The third kappa shape index (κ3) is 7.41. The number of rotatable bonds is 9. The lowest BCUT2D eigenvalue weighted by Gasteiger charge is -2.13. The van der Waals surface area contributed by atoms with Gasteiger partial charge in [-0.1, -0.05) is 46.0 Å². The first-order valence-electron chi connectivity index (χ1n) is 7.67. The van der Waals surface area contributed by atoms with E-state index in [-0.39, 0.29) is 6.10 Å². The van der Waals surface area contributed by atoms with Crippen LogP contribution in [0.3, 0.4) is 0 Å². The Kier molecular flexibility index (Phi) is 8.63. The van der Waals surface area contributed by atoms with E-state index in [1.807, 2.05) is 0 Å². The van der Waals surface area contributed by atoms with Gasteiger partial charge in [0.15, 0.2) is 0 Å². The van der Waals surface area contributed by atoms with Crippen molar-refractivity contribution in [3.8, 4) is 0 Å². The van der Waals surface area contributed by atoms with E-state index in [4.69, 9.17) is 9.47 Å². The molecule has 0 aliphatic carbocycles. The Bertz CT molecular complexity index is 246. The standard InChI is InChI=1S/C15H28NO3/c1-3-5-6-7-8-9-12-18-15(17)19-14-10-11-16(4-2)13-14/h11,14H,3-10,12-13H2,1-2H3. The SMILES string of the molecule is CCCCCCCCOC(=O)OC1C[CH]N(CC)C1. The lowest BCUT2D eigenvalue weighted by Crippen LogP contribution is -2.24. The van der Waals surface area contributed by atoms with Gasteiger partial charge < -0.3 is 9.47 Å². The minimum Gasteiger partial charge on any atom is -0.434 e. The van der Waals surface area contributed by atoms with Crippen LogP contribution in [-0.2, 0) is 9.47 Å². The summed E-state index contributed by atoms with van der Waals surface area (Å²) in [6, 6.07) is 0. The van der Waals surface area contributed by atoms with Crippen LogP contribution >= 0.6 is 0 Å². The van der Waals surface area contributed by atoms with Crippen molar-refractivity contribution in [2.24, 2.45) is 0 Å². The van der Waals surface area contributed by atoms with Crippen LogP contribution in [0.4, 0.5) is 4.79 Å². The second-order valence-corrected chi connectivity index (χ2v) is 5.11. The minimum atomic E-state index is -0.509. The van der Waals surface area contributed by atoms with E-state index in [1.165, 1.54) is 25.7 Å². The molecule has 1 saturated heterocycles. The van der Waals surface area contributed by atoms with E-state index >= 15 is 0 Å². The van der Waals surface area contributed by atoms with Gasteiger partial charge in [0.05, 0.1) is 6.61 Å². The Morgan fingerprint density at radius 3 is 2.63 bits per heavy atom. The van der Waals surface area contributed by atoms with Crippen molar-refractivity contribution in [2.75, 3.05) is 19.7 Å². The molecule has 0 aromatic carbocycles. The second kappa shape index (κ2) is 10.1. The fraction of sp³-hybridized carbons (Fsp3) is 0.867. The van der Waals surface area contributed by atoms with Crippen molar-refractivity contribution in [3.05, 3.63) is 6.54 Å². The van der Waals surface area contributed by atoms with Crippen LogP contribution in [-0.4, -0.2) is 36.9 Å². The molecule has 1 rings (SSSR count). The second-order valence-electron chi connectivity index (χ2n) is 5.11. The molecule has 111 valence electrons. The van der Waals surface area contributed by atoms with Gasteiger partial charge in [0.1, 0.15) is 6.10 Å². The smallest absolute Gasteiger partial charge is 0.434 e. The summed E-state index contributed by atoms with van der Waals surface area (Å²) in [5.41, 5.74) is 0. The zero-order valence-electron chi connectivity index (χ0n) is 12.4. The first-order chi connectivity index (χ1) is 9.26. The molecule has 1 unspecified atom stereocenters. The quantitative estimate of drug-likeness (QED) is 0.472. The van der Waals surface area contributed by atoms with Crippen LogP contribution in [0.2, 0.25) is 0 Å². The van der Waals surface area contributed by atoms with Gasteiger partial charge in [0.2, 0.25) is 0 Å². The Morgan fingerprint density at radius 2 is 1.95 bits per heavy atom. The molecule has 1 radical (unpaired) electrons. The molecule has 0 aromatic rings. The highest BCUT2D eigenvalue weighted by atomic mass is 16.7. The van der Waals surface area contributed by atoms with Gasteiger partial charge in [-0.3, -0.25) is 4.90 Å². The highest BCUT2D eigenvalue weighted by Gasteiger charge is 2.25. The molecule has 0 aromatic heterocycles. The Labute approximate surface area is 117 Å². The van der Waals surface area contributed by atoms with Crippen molar-refractivity contribution in [1.82, 2.24) is 4.90 Å². The molecule has 0 bridgehead atoms. The normalized spacial score (nSPS) is 19.6. The lowest BCUT2D eigenvalue weighted by atomic mass is 10.1. The molecular weight excluding hydrogens is 242 g/mol. The molecule has 0 spiro atoms. The van der Waals surface area contributed by atoms with E-state index in [1.54, 1.807) is 0 Å². The summed E-state index contributed by atoms with van der Waals surface area (Å²) in [7, 11) is 0. The number of likely N-dealkylation sites (N-methyl/N-ethyl adjacent to an activating group) is 1. The van der Waals surface area contributed by atoms with Crippen LogP contribution in [0.25, 0.3) is 0 Å². The van der Waals surface area contributed by atoms with Gasteiger partial charge >= 0.3 is 6.16 Å². The van der Waals surface area contributed by atoms with Crippen molar-refractivity contribution in [3.63, 3.8) is 0 Å². The summed E-state index contributed by atoms with van der Waals surface area (Å²) >= 11 is 0. The molecule has 1 heterocycles. The zero-order valence-corrected chi connectivity index (χ0v) is 12.4. The summed E-state index contributed by atoms with van der Waals surface area (Å²) in [5.74, 6) is 0. The number of carbonyl (C=O) groups excluding carboxylic acids is 1. The van der Waals surface area contributed by atoms with Crippen molar-refractivity contribution in [2.45, 2.75) is 64.9 Å². The van der Waals surface area contributed by atoms with E-state index in [0.717, 1.165) is 32.4 Å². The maximum absolute atomic E-state index is 11.5. The molecule has 1 aliphatic heterocycles. The Hall–Kier alpha value is -0.770. The predicted molar refractivity (Wildman–Crippen MR) is 75.8 cm³/mol. The van der Waals surface area contributed by atoms with E-state index in [2.05, 4.69) is 25.3 Å². The number of carbonyl (C=O) groups is 1. The first kappa shape index (κ1) is 16.3. The average molecular weight is 270 g/mol. The highest BCUT2D eigenvalue weighted by molar-refractivity contribution is 5.60. The highest BCUT2D eigenvalue weighted by Crippen LogP contribution is 2.16. The van der Waals surface area contributed by atoms with E-state index in [9.17, 15) is 4.79 Å².